The van der Waals surface area contributed by atoms with Crippen molar-refractivity contribution < 1.29 is 4.79 Å². The summed E-state index contributed by atoms with van der Waals surface area (Å²) in [6.45, 7) is 6.15. The Balaban J connectivity index is 1.24. The first-order chi connectivity index (χ1) is 14.4. The molecule has 1 unspecified atom stereocenters. The van der Waals surface area contributed by atoms with Crippen LogP contribution < -0.4 is 10.6 Å². The predicted octanol–water partition coefficient (Wildman–Crippen LogP) is 5.17. The predicted molar refractivity (Wildman–Crippen MR) is 119 cm³/mol. The minimum atomic E-state index is 0.0347. The van der Waals surface area contributed by atoms with E-state index in [1.807, 2.05) is 44.2 Å². The van der Waals surface area contributed by atoms with Crippen LogP contribution in [-0.2, 0) is 0 Å². The van der Waals surface area contributed by atoms with Crippen LogP contribution in [-0.4, -0.2) is 21.9 Å². The number of nitrogens with one attached hydrogen (secondary N) is 2. The summed E-state index contributed by atoms with van der Waals surface area (Å²) in [5.74, 6) is 3.31. The quantitative estimate of drug-likeness (QED) is 0.721. The number of hydrogen-bond acceptors (Lipinski definition) is 4. The van der Waals surface area contributed by atoms with Crippen molar-refractivity contribution in [1.29, 1.82) is 0 Å². The summed E-state index contributed by atoms with van der Waals surface area (Å²) in [4.78, 5) is 21.8. The van der Waals surface area contributed by atoms with Crippen LogP contribution in [0.25, 0.3) is 0 Å². The Morgan fingerprint density at radius 3 is 2.03 bits per heavy atom. The second-order valence-electron chi connectivity index (χ2n) is 10.2. The molecular weight excluding hydrogens is 372 g/mol. The van der Waals surface area contributed by atoms with Gasteiger partial charge in [0, 0.05) is 28.7 Å². The molecule has 1 heterocycles. The van der Waals surface area contributed by atoms with E-state index < -0.39 is 0 Å². The number of amides is 1. The van der Waals surface area contributed by atoms with Gasteiger partial charge < -0.3 is 10.6 Å². The number of aryl methyl sites for hydroxylation is 2. The summed E-state index contributed by atoms with van der Waals surface area (Å²) in [5, 5.41) is 6.58. The van der Waals surface area contributed by atoms with Crippen molar-refractivity contribution in [2.45, 2.75) is 65.3 Å². The molecule has 2 aromatic rings. The normalized spacial score (nSPS) is 30.2. The largest absolute Gasteiger partial charge is 0.349 e. The maximum atomic E-state index is 13.0. The lowest BCUT2D eigenvalue weighted by Gasteiger charge is -2.59. The van der Waals surface area contributed by atoms with E-state index in [2.05, 4.69) is 27.5 Å². The van der Waals surface area contributed by atoms with E-state index in [-0.39, 0.29) is 11.9 Å². The van der Waals surface area contributed by atoms with Crippen molar-refractivity contribution in [2.75, 3.05) is 5.32 Å². The van der Waals surface area contributed by atoms with Gasteiger partial charge in [0.1, 0.15) is 0 Å². The van der Waals surface area contributed by atoms with Gasteiger partial charge in [-0.3, -0.25) is 4.79 Å². The Labute approximate surface area is 179 Å². The van der Waals surface area contributed by atoms with E-state index in [1.54, 1.807) is 0 Å². The first-order valence-corrected chi connectivity index (χ1v) is 11.4. The van der Waals surface area contributed by atoms with Crippen molar-refractivity contribution in [3.05, 3.63) is 47.3 Å². The van der Waals surface area contributed by atoms with Crippen molar-refractivity contribution in [3.63, 3.8) is 0 Å². The molecule has 5 heteroatoms. The maximum absolute atomic E-state index is 13.0. The van der Waals surface area contributed by atoms with Crippen LogP contribution in [0.3, 0.4) is 0 Å². The van der Waals surface area contributed by atoms with E-state index in [0.717, 1.165) is 34.8 Å². The first kappa shape index (κ1) is 19.5. The van der Waals surface area contributed by atoms with Gasteiger partial charge in [0.2, 0.25) is 5.95 Å². The standard InChI is InChI=1S/C25H32N4O/c1-15-8-16(2)27-24(26-15)29-22-6-4-21(5-7-22)23(30)28-17(3)25-12-18-9-19(13-25)11-20(10-18)14-25/h4-8,17-20H,9-14H2,1-3H3,(H,28,30)(H,26,27,29). The molecule has 4 aliphatic rings. The molecule has 1 aromatic heterocycles. The summed E-state index contributed by atoms with van der Waals surface area (Å²) in [5.41, 5.74) is 3.77. The third-order valence-corrected chi connectivity index (χ3v) is 7.74. The second-order valence-corrected chi connectivity index (χ2v) is 10.2. The van der Waals surface area contributed by atoms with Gasteiger partial charge in [-0.15, -0.1) is 0 Å². The van der Waals surface area contributed by atoms with Gasteiger partial charge in [0.15, 0.2) is 0 Å². The molecule has 1 aromatic carbocycles. The van der Waals surface area contributed by atoms with E-state index in [9.17, 15) is 4.79 Å². The number of benzene rings is 1. The van der Waals surface area contributed by atoms with Gasteiger partial charge in [0.05, 0.1) is 0 Å². The van der Waals surface area contributed by atoms with Crippen LogP contribution in [0.2, 0.25) is 0 Å². The molecule has 2 N–H and O–H groups in total. The Morgan fingerprint density at radius 1 is 0.967 bits per heavy atom. The molecule has 4 saturated carbocycles. The molecule has 30 heavy (non-hydrogen) atoms. The number of carbonyl (C=O) groups excluding carboxylic acids is 1. The van der Waals surface area contributed by atoms with Crippen LogP contribution in [0.1, 0.15) is 67.2 Å². The zero-order valence-corrected chi connectivity index (χ0v) is 18.2. The van der Waals surface area contributed by atoms with Crippen molar-refractivity contribution in [1.82, 2.24) is 15.3 Å². The molecule has 0 spiro atoms. The van der Waals surface area contributed by atoms with Crippen LogP contribution >= 0.6 is 0 Å². The van der Waals surface area contributed by atoms with Crippen LogP contribution in [0, 0.1) is 37.0 Å². The number of carbonyl (C=O) groups is 1. The zero-order chi connectivity index (χ0) is 20.9. The Bertz CT molecular complexity index is 897. The number of hydrogen-bond donors (Lipinski definition) is 2. The molecule has 4 aliphatic carbocycles. The fourth-order valence-electron chi connectivity index (χ4n) is 6.76. The highest BCUT2D eigenvalue weighted by molar-refractivity contribution is 5.94. The van der Waals surface area contributed by atoms with Crippen molar-refractivity contribution in [3.8, 4) is 0 Å². The number of anilines is 2. The second kappa shape index (κ2) is 7.36. The van der Waals surface area contributed by atoms with Gasteiger partial charge in [-0.25, -0.2) is 9.97 Å². The van der Waals surface area contributed by atoms with Gasteiger partial charge in [0.25, 0.3) is 5.91 Å². The zero-order valence-electron chi connectivity index (χ0n) is 18.2. The van der Waals surface area contributed by atoms with Crippen molar-refractivity contribution in [2.24, 2.45) is 23.2 Å². The molecule has 0 aliphatic heterocycles. The Morgan fingerprint density at radius 2 is 1.50 bits per heavy atom. The fraction of sp³-hybridized carbons (Fsp3) is 0.560. The Hall–Kier alpha value is -2.43. The molecule has 4 bridgehead atoms. The van der Waals surface area contributed by atoms with Gasteiger partial charge in [-0.05, 0) is 113 Å². The lowest BCUT2D eigenvalue weighted by atomic mass is 9.48. The van der Waals surface area contributed by atoms with E-state index >= 15 is 0 Å². The first-order valence-electron chi connectivity index (χ1n) is 11.4. The van der Waals surface area contributed by atoms with Gasteiger partial charge in [-0.1, -0.05) is 0 Å². The molecule has 4 fully saturated rings. The summed E-state index contributed by atoms with van der Waals surface area (Å²) in [6.07, 6.45) is 8.20. The smallest absolute Gasteiger partial charge is 0.251 e. The monoisotopic (exact) mass is 404 g/mol. The minimum Gasteiger partial charge on any atom is -0.349 e. The third kappa shape index (κ3) is 3.70. The Kier molecular flexibility index (Phi) is 4.79. The minimum absolute atomic E-state index is 0.0347. The maximum Gasteiger partial charge on any atom is 0.251 e. The summed E-state index contributed by atoms with van der Waals surface area (Å²) < 4.78 is 0. The summed E-state index contributed by atoms with van der Waals surface area (Å²) in [7, 11) is 0. The van der Waals surface area contributed by atoms with E-state index in [4.69, 9.17) is 0 Å². The molecular formula is C25H32N4O. The lowest BCUT2D eigenvalue weighted by Crippen LogP contribution is -2.55. The van der Waals surface area contributed by atoms with Crippen LogP contribution in [0.15, 0.2) is 30.3 Å². The number of aromatic nitrogens is 2. The molecule has 0 radical (unpaired) electrons. The average molecular weight is 405 g/mol. The number of rotatable bonds is 5. The fourth-order valence-corrected chi connectivity index (χ4v) is 6.76. The highest BCUT2D eigenvalue weighted by Crippen LogP contribution is 2.61. The van der Waals surface area contributed by atoms with E-state index in [0.29, 0.717) is 16.9 Å². The molecule has 6 rings (SSSR count). The third-order valence-electron chi connectivity index (χ3n) is 7.74. The topological polar surface area (TPSA) is 66.9 Å². The van der Waals surface area contributed by atoms with Gasteiger partial charge in [-0.2, -0.15) is 0 Å². The molecule has 0 saturated heterocycles. The van der Waals surface area contributed by atoms with Crippen LogP contribution in [0.4, 0.5) is 11.6 Å². The van der Waals surface area contributed by atoms with Crippen LogP contribution in [0.5, 0.6) is 0 Å². The van der Waals surface area contributed by atoms with E-state index in [1.165, 1.54) is 38.5 Å². The molecule has 5 nitrogen and oxygen atoms in total. The SMILES string of the molecule is Cc1cc(C)nc(Nc2ccc(C(=O)NC(C)C34CC5CC(CC(C5)C3)C4)cc2)n1. The lowest BCUT2D eigenvalue weighted by molar-refractivity contribution is -0.0688. The molecule has 1 atom stereocenters. The van der Waals surface area contributed by atoms with Gasteiger partial charge >= 0.3 is 0 Å². The highest BCUT2D eigenvalue weighted by atomic mass is 16.1. The van der Waals surface area contributed by atoms with Crippen molar-refractivity contribution >= 4 is 17.5 Å². The summed E-state index contributed by atoms with van der Waals surface area (Å²) in [6, 6.07) is 9.79. The average Bonchev–Trinajstić information content (AvgIpc) is 2.66. The molecule has 158 valence electrons. The number of nitrogens with zero attached hydrogens (tertiary/aromatic N) is 2. The highest BCUT2D eigenvalue weighted by Gasteiger charge is 2.53. The molecule has 1 amide bonds. The summed E-state index contributed by atoms with van der Waals surface area (Å²) >= 11 is 0.